The summed E-state index contributed by atoms with van der Waals surface area (Å²) < 4.78 is 14.0. The number of hydroxylamine groups is 1. The predicted octanol–water partition coefficient (Wildman–Crippen LogP) is 2.25. The number of hydrogen-bond donors (Lipinski definition) is 2. The number of nitrogens with two attached hydrogens (primary N) is 1. The van der Waals surface area contributed by atoms with Gasteiger partial charge in [-0.1, -0.05) is 18.2 Å². The summed E-state index contributed by atoms with van der Waals surface area (Å²) in [7, 11) is 0. The molecule has 1 aliphatic rings. The number of halogens is 1. The Hall–Kier alpha value is -2.21. The number of carbonyl (C=O) groups excluding carboxylic acids is 2. The van der Waals surface area contributed by atoms with Gasteiger partial charge in [-0.15, -0.1) is 0 Å². The molecule has 22 heavy (non-hydrogen) atoms. The lowest BCUT2D eigenvalue weighted by Gasteiger charge is -2.14. The molecule has 0 radical (unpaired) electrons. The van der Waals surface area contributed by atoms with E-state index in [0.29, 0.717) is 30.4 Å². The summed E-state index contributed by atoms with van der Waals surface area (Å²) in [4.78, 5) is 28.6. The van der Waals surface area contributed by atoms with Gasteiger partial charge in [0.25, 0.3) is 5.91 Å². The summed E-state index contributed by atoms with van der Waals surface area (Å²) in [5.74, 6) is -2.26. The second-order valence-electron chi connectivity index (χ2n) is 5.33. The van der Waals surface area contributed by atoms with Crippen molar-refractivity contribution in [1.82, 2.24) is 5.48 Å². The van der Waals surface area contributed by atoms with E-state index in [1.807, 2.05) is 0 Å². The summed E-state index contributed by atoms with van der Waals surface area (Å²) >= 11 is 0. The zero-order chi connectivity index (χ0) is 16.1. The van der Waals surface area contributed by atoms with E-state index in [0.717, 1.165) is 0 Å². The van der Waals surface area contributed by atoms with Gasteiger partial charge < -0.3 is 10.6 Å². The van der Waals surface area contributed by atoms with Crippen molar-refractivity contribution in [2.45, 2.75) is 32.2 Å². The van der Waals surface area contributed by atoms with Crippen LogP contribution in [0, 0.1) is 5.92 Å². The van der Waals surface area contributed by atoms with Gasteiger partial charge >= 0.3 is 5.97 Å². The molecule has 2 rings (SSSR count). The molecule has 1 aromatic carbocycles. The normalized spacial score (nSPS) is 21.1. The van der Waals surface area contributed by atoms with Crippen LogP contribution in [0.2, 0.25) is 0 Å². The molecule has 1 fully saturated rings. The minimum atomic E-state index is -0.740. The number of hydrogen-bond acceptors (Lipinski definition) is 4. The monoisotopic (exact) mass is 306 g/mol. The Morgan fingerprint density at radius 1 is 1.36 bits per heavy atom. The van der Waals surface area contributed by atoms with E-state index < -0.39 is 29.7 Å². The van der Waals surface area contributed by atoms with E-state index in [-0.39, 0.29) is 0 Å². The maximum absolute atomic E-state index is 14.0. The van der Waals surface area contributed by atoms with Crippen LogP contribution >= 0.6 is 0 Å². The molecule has 0 heterocycles. The third-order valence-corrected chi connectivity index (χ3v) is 3.64. The van der Waals surface area contributed by atoms with Gasteiger partial charge in [-0.05, 0) is 43.9 Å². The third kappa shape index (κ3) is 3.71. The molecule has 0 bridgehead atoms. The maximum Gasteiger partial charge on any atom is 0.362 e. The molecule has 5 nitrogen and oxygen atoms in total. The van der Waals surface area contributed by atoms with Crippen molar-refractivity contribution in [2.75, 3.05) is 0 Å². The molecule has 2 atom stereocenters. The fraction of sp³-hybridized carbons (Fsp3) is 0.375. The lowest BCUT2D eigenvalue weighted by molar-refractivity contribution is -0.132. The smallest absolute Gasteiger partial charge is 0.335 e. The van der Waals surface area contributed by atoms with Gasteiger partial charge in [-0.2, -0.15) is 5.48 Å². The van der Waals surface area contributed by atoms with E-state index in [2.05, 4.69) is 5.48 Å². The van der Waals surface area contributed by atoms with Gasteiger partial charge in [0.2, 0.25) is 0 Å². The third-order valence-electron chi connectivity index (χ3n) is 3.64. The SMILES string of the molecule is C[C@@H](N)/C(F)=C1\CCC[C@H]1C(=O)NOC(=O)c1ccccc1. The van der Waals surface area contributed by atoms with Crippen LogP contribution in [0.5, 0.6) is 0 Å². The molecule has 1 aromatic rings. The lowest BCUT2D eigenvalue weighted by atomic mass is 9.99. The summed E-state index contributed by atoms with van der Waals surface area (Å²) in [5, 5.41) is 0. The average Bonchev–Trinajstić information content (AvgIpc) is 3.01. The van der Waals surface area contributed by atoms with Crippen molar-refractivity contribution in [3.63, 3.8) is 0 Å². The number of rotatable bonds is 3. The lowest BCUT2D eigenvalue weighted by Crippen LogP contribution is -2.33. The highest BCUT2D eigenvalue weighted by atomic mass is 19.1. The fourth-order valence-electron chi connectivity index (χ4n) is 2.51. The molecule has 0 spiro atoms. The molecule has 1 amide bonds. The molecular formula is C16H19FN2O3. The predicted molar refractivity (Wildman–Crippen MR) is 79.1 cm³/mol. The topological polar surface area (TPSA) is 81.4 Å². The molecule has 0 aliphatic heterocycles. The van der Waals surface area contributed by atoms with Crippen LogP contribution in [-0.2, 0) is 9.63 Å². The number of nitrogens with one attached hydrogen (secondary N) is 1. The highest BCUT2D eigenvalue weighted by Crippen LogP contribution is 2.34. The number of benzene rings is 1. The van der Waals surface area contributed by atoms with Crippen molar-refractivity contribution >= 4 is 11.9 Å². The highest BCUT2D eigenvalue weighted by Gasteiger charge is 2.32. The van der Waals surface area contributed by atoms with Gasteiger partial charge in [0.15, 0.2) is 0 Å². The molecule has 1 aliphatic carbocycles. The van der Waals surface area contributed by atoms with E-state index >= 15 is 0 Å². The fourth-order valence-corrected chi connectivity index (χ4v) is 2.51. The van der Waals surface area contributed by atoms with E-state index in [9.17, 15) is 14.0 Å². The largest absolute Gasteiger partial charge is 0.362 e. The van der Waals surface area contributed by atoms with E-state index in [4.69, 9.17) is 10.6 Å². The number of amides is 1. The second-order valence-corrected chi connectivity index (χ2v) is 5.33. The van der Waals surface area contributed by atoms with Crippen LogP contribution in [0.3, 0.4) is 0 Å². The average molecular weight is 306 g/mol. The van der Waals surface area contributed by atoms with Crippen LogP contribution in [0.15, 0.2) is 41.7 Å². The molecule has 0 aromatic heterocycles. The molecule has 118 valence electrons. The summed E-state index contributed by atoms with van der Waals surface area (Å²) in [6.07, 6.45) is 1.72. The van der Waals surface area contributed by atoms with Gasteiger partial charge in [-0.25, -0.2) is 9.18 Å². The molecular weight excluding hydrogens is 287 g/mol. The van der Waals surface area contributed by atoms with Gasteiger partial charge in [0, 0.05) is 0 Å². The summed E-state index contributed by atoms with van der Waals surface area (Å²) in [6.45, 7) is 1.53. The quantitative estimate of drug-likeness (QED) is 0.839. The zero-order valence-corrected chi connectivity index (χ0v) is 12.3. The molecule has 3 N–H and O–H groups in total. The van der Waals surface area contributed by atoms with Crippen LogP contribution in [0.1, 0.15) is 36.5 Å². The Balaban J connectivity index is 1.98. The first kappa shape index (κ1) is 16.2. The van der Waals surface area contributed by atoms with Crippen molar-refractivity contribution in [3.05, 3.63) is 47.3 Å². The Bertz CT molecular complexity index is 584. The number of carbonyl (C=O) groups is 2. The van der Waals surface area contributed by atoms with Gasteiger partial charge in [0.1, 0.15) is 5.83 Å². The van der Waals surface area contributed by atoms with Crippen LogP contribution in [-0.4, -0.2) is 17.9 Å². The van der Waals surface area contributed by atoms with Gasteiger partial charge in [0.05, 0.1) is 17.5 Å². The first-order valence-corrected chi connectivity index (χ1v) is 7.20. The zero-order valence-electron chi connectivity index (χ0n) is 12.3. The minimum absolute atomic E-state index is 0.326. The summed E-state index contributed by atoms with van der Waals surface area (Å²) in [5.41, 5.74) is 8.37. The van der Waals surface area contributed by atoms with Crippen molar-refractivity contribution in [3.8, 4) is 0 Å². The van der Waals surface area contributed by atoms with Crippen LogP contribution in [0.25, 0.3) is 0 Å². The first-order valence-electron chi connectivity index (χ1n) is 7.20. The van der Waals surface area contributed by atoms with Gasteiger partial charge in [-0.3, -0.25) is 4.79 Å². The van der Waals surface area contributed by atoms with Crippen molar-refractivity contribution in [1.29, 1.82) is 0 Å². The second kappa shape index (κ2) is 7.17. The molecule has 0 saturated heterocycles. The van der Waals surface area contributed by atoms with Crippen LogP contribution in [0.4, 0.5) is 4.39 Å². The Morgan fingerprint density at radius 2 is 2.05 bits per heavy atom. The first-order chi connectivity index (χ1) is 10.5. The molecule has 1 saturated carbocycles. The standard InChI is InChI=1S/C16H19FN2O3/c1-10(18)14(17)12-8-5-9-13(12)15(20)19-22-16(21)11-6-3-2-4-7-11/h2-4,6-7,10,13H,5,8-9,18H2,1H3,(H,19,20)/b14-12-/t10-,13-/m1/s1. The Morgan fingerprint density at radius 3 is 2.68 bits per heavy atom. The molecule has 6 heteroatoms. The Labute approximate surface area is 128 Å². The highest BCUT2D eigenvalue weighted by molar-refractivity contribution is 5.91. The minimum Gasteiger partial charge on any atom is -0.335 e. The van der Waals surface area contributed by atoms with E-state index in [1.165, 1.54) is 6.92 Å². The van der Waals surface area contributed by atoms with Crippen molar-refractivity contribution < 1.29 is 18.8 Å². The van der Waals surface area contributed by atoms with Crippen LogP contribution < -0.4 is 11.2 Å². The van der Waals surface area contributed by atoms with E-state index in [1.54, 1.807) is 30.3 Å². The Kier molecular flexibility index (Phi) is 5.27. The van der Waals surface area contributed by atoms with Crippen molar-refractivity contribution in [2.24, 2.45) is 11.7 Å². The summed E-state index contributed by atoms with van der Waals surface area (Å²) in [6, 6.07) is 7.55. The molecule has 0 unspecified atom stereocenters. The maximum atomic E-state index is 14.0.